The molecule has 1 amide bonds. The summed E-state index contributed by atoms with van der Waals surface area (Å²) in [6.07, 6.45) is 4.29. The number of nitrogens with zero attached hydrogens (tertiary/aromatic N) is 1. The Bertz CT molecular complexity index is 1350. The molecule has 1 aromatic heterocycles. The van der Waals surface area contributed by atoms with Crippen LogP contribution < -0.4 is 10.1 Å². The lowest BCUT2D eigenvalue weighted by Crippen LogP contribution is -2.12. The van der Waals surface area contributed by atoms with Gasteiger partial charge in [0.2, 0.25) is 0 Å². The summed E-state index contributed by atoms with van der Waals surface area (Å²) in [5, 5.41) is 14.5. The minimum atomic E-state index is -1.09. The lowest BCUT2D eigenvalue weighted by atomic mass is 9.97. The Morgan fingerprint density at radius 1 is 1.15 bits per heavy atom. The van der Waals surface area contributed by atoms with E-state index in [-0.39, 0.29) is 27.3 Å². The summed E-state index contributed by atoms with van der Waals surface area (Å²) in [4.78, 5) is 28.7. The molecule has 10 heteroatoms. The highest BCUT2D eigenvalue weighted by molar-refractivity contribution is 7.14. The highest BCUT2D eigenvalue weighted by atomic mass is 35.5. The van der Waals surface area contributed by atoms with Crippen molar-refractivity contribution in [2.24, 2.45) is 5.92 Å². The first-order valence-corrected chi connectivity index (χ1v) is 14.1. The van der Waals surface area contributed by atoms with E-state index in [9.17, 15) is 9.59 Å². The van der Waals surface area contributed by atoms with E-state index in [2.05, 4.69) is 24.1 Å². The zero-order valence-electron chi connectivity index (χ0n) is 22.5. The molecule has 0 radical (unpaired) electrons. The number of methoxy groups -OCH3 is 2. The number of benzene rings is 2. The topological polar surface area (TPSA) is 97.8 Å². The van der Waals surface area contributed by atoms with Crippen molar-refractivity contribution in [1.29, 1.82) is 0 Å². The van der Waals surface area contributed by atoms with Crippen molar-refractivity contribution in [3.05, 3.63) is 68.0 Å². The number of aromatic nitrogens is 1. The predicted molar refractivity (Wildman–Crippen MR) is 158 cm³/mol. The molecule has 0 aliphatic heterocycles. The maximum atomic E-state index is 12.9. The third-order valence-electron chi connectivity index (χ3n) is 6.17. The van der Waals surface area contributed by atoms with Gasteiger partial charge in [-0.2, -0.15) is 0 Å². The van der Waals surface area contributed by atoms with E-state index < -0.39 is 11.9 Å². The number of halogens is 2. The van der Waals surface area contributed by atoms with Crippen LogP contribution in [-0.4, -0.2) is 36.2 Å². The average Bonchev–Trinajstić information content (AvgIpc) is 3.36. The van der Waals surface area contributed by atoms with Crippen molar-refractivity contribution in [3.63, 3.8) is 0 Å². The minimum Gasteiger partial charge on any atom is -0.496 e. The second-order valence-corrected chi connectivity index (χ2v) is 11.1. The molecule has 0 fully saturated rings. The van der Waals surface area contributed by atoms with Gasteiger partial charge in [-0.25, -0.2) is 9.78 Å². The van der Waals surface area contributed by atoms with Gasteiger partial charge in [-0.3, -0.25) is 10.1 Å². The summed E-state index contributed by atoms with van der Waals surface area (Å²) < 4.78 is 11.6. The number of amides is 1. The normalized spacial score (nSPS) is 12.5. The van der Waals surface area contributed by atoms with E-state index in [0.717, 1.165) is 30.4 Å². The molecule has 208 valence electrons. The van der Waals surface area contributed by atoms with Crippen molar-refractivity contribution in [1.82, 2.24) is 4.98 Å². The van der Waals surface area contributed by atoms with Gasteiger partial charge in [-0.05, 0) is 43.5 Å². The van der Waals surface area contributed by atoms with Crippen LogP contribution in [0.3, 0.4) is 0 Å². The molecule has 0 unspecified atom stereocenters. The fourth-order valence-corrected chi connectivity index (χ4v) is 5.41. The van der Waals surface area contributed by atoms with Gasteiger partial charge in [0.1, 0.15) is 5.75 Å². The molecule has 2 N–H and O–H groups in total. The lowest BCUT2D eigenvalue weighted by Gasteiger charge is -2.20. The number of hydrogen-bond donors (Lipinski definition) is 2. The molecule has 7 nitrogen and oxygen atoms in total. The Kier molecular flexibility index (Phi) is 10.9. The Morgan fingerprint density at radius 2 is 1.85 bits per heavy atom. The Labute approximate surface area is 242 Å². The van der Waals surface area contributed by atoms with Crippen molar-refractivity contribution in [2.45, 2.75) is 46.1 Å². The van der Waals surface area contributed by atoms with Crippen LogP contribution >= 0.6 is 34.5 Å². The van der Waals surface area contributed by atoms with Gasteiger partial charge in [0.05, 0.1) is 29.0 Å². The van der Waals surface area contributed by atoms with Gasteiger partial charge in [0.15, 0.2) is 5.13 Å². The molecule has 39 heavy (non-hydrogen) atoms. The van der Waals surface area contributed by atoms with E-state index in [1.165, 1.54) is 36.5 Å². The summed E-state index contributed by atoms with van der Waals surface area (Å²) in [6, 6.07) is 8.76. The number of rotatable bonds is 12. The van der Waals surface area contributed by atoms with Gasteiger partial charge >= 0.3 is 5.97 Å². The summed E-state index contributed by atoms with van der Waals surface area (Å²) in [5.74, 6) is -0.219. The number of thiazole rings is 1. The highest BCUT2D eigenvalue weighted by Crippen LogP contribution is 2.40. The molecule has 2 aromatic carbocycles. The van der Waals surface area contributed by atoms with Crippen LogP contribution in [0.5, 0.6) is 5.75 Å². The van der Waals surface area contributed by atoms with Gasteiger partial charge in [-0.1, -0.05) is 62.0 Å². The number of ether oxygens (including phenoxy) is 2. The van der Waals surface area contributed by atoms with E-state index in [1.54, 1.807) is 14.2 Å². The van der Waals surface area contributed by atoms with Crippen LogP contribution in [0.4, 0.5) is 5.13 Å². The van der Waals surface area contributed by atoms with Gasteiger partial charge in [0, 0.05) is 40.3 Å². The number of hydrogen-bond acceptors (Lipinski definition) is 6. The predicted octanol–water partition coefficient (Wildman–Crippen LogP) is 8.38. The number of anilines is 1. The zero-order chi connectivity index (χ0) is 28.7. The Balaban J connectivity index is 1.83. The number of carboxylic acid groups (broad SMARTS) is 1. The van der Waals surface area contributed by atoms with E-state index in [0.29, 0.717) is 28.1 Å². The van der Waals surface area contributed by atoms with Crippen molar-refractivity contribution in [3.8, 4) is 17.0 Å². The second-order valence-electron chi connectivity index (χ2n) is 9.46. The molecule has 0 bridgehead atoms. The maximum absolute atomic E-state index is 12.9. The molecule has 1 atom stereocenters. The number of nitrogens with one attached hydrogen (secondary N) is 1. The molecule has 3 aromatic rings. The second kappa shape index (κ2) is 13.9. The SMILES string of the molecule is COc1c(-c2csc(NC(=O)c3cc(Cl)c(/C=C(\C)C(=O)O)c(Cl)c3)n2)cccc1[C@@H](CCCC(C)C)OC. The molecular weight excluding hydrogens is 559 g/mol. The Hall–Kier alpha value is -2.91. The molecular formula is C29H32Cl2N2O5S. The van der Waals surface area contributed by atoms with Crippen molar-refractivity contribution in [2.75, 3.05) is 19.5 Å². The Morgan fingerprint density at radius 3 is 2.44 bits per heavy atom. The minimum absolute atomic E-state index is 0.0678. The maximum Gasteiger partial charge on any atom is 0.331 e. The molecule has 3 rings (SSSR count). The fraction of sp³-hybridized carbons (Fsp3) is 0.345. The van der Waals surface area contributed by atoms with Crippen LogP contribution in [0.15, 0.2) is 41.3 Å². The number of carbonyl (C=O) groups excluding carboxylic acids is 1. The first-order valence-electron chi connectivity index (χ1n) is 12.4. The first kappa shape index (κ1) is 30.6. The highest BCUT2D eigenvalue weighted by Gasteiger charge is 2.21. The van der Waals surface area contributed by atoms with Gasteiger partial charge < -0.3 is 14.6 Å². The quantitative estimate of drug-likeness (QED) is 0.205. The zero-order valence-corrected chi connectivity index (χ0v) is 24.8. The number of carbonyl (C=O) groups is 2. The first-order chi connectivity index (χ1) is 18.5. The van der Waals surface area contributed by atoms with E-state index in [1.807, 2.05) is 23.6 Å². The monoisotopic (exact) mass is 590 g/mol. The summed E-state index contributed by atoms with van der Waals surface area (Å²) in [5.41, 5.74) is 3.03. The smallest absolute Gasteiger partial charge is 0.331 e. The molecule has 0 aliphatic rings. The largest absolute Gasteiger partial charge is 0.496 e. The van der Waals surface area contributed by atoms with E-state index >= 15 is 0 Å². The molecule has 0 spiro atoms. The number of carboxylic acids is 1. The van der Waals surface area contributed by atoms with Crippen LogP contribution in [0.2, 0.25) is 10.0 Å². The molecule has 1 heterocycles. The molecule has 0 aliphatic carbocycles. The van der Waals surface area contributed by atoms with E-state index in [4.69, 9.17) is 37.8 Å². The number of aliphatic carboxylic acids is 1. The molecule has 0 saturated heterocycles. The van der Waals surface area contributed by atoms with Crippen molar-refractivity contribution >= 4 is 57.6 Å². The summed E-state index contributed by atoms with van der Waals surface area (Å²) in [7, 11) is 3.33. The van der Waals surface area contributed by atoms with Gasteiger partial charge in [-0.15, -0.1) is 11.3 Å². The molecule has 0 saturated carbocycles. The summed E-state index contributed by atoms with van der Waals surface area (Å²) >= 11 is 13.9. The number of para-hydroxylation sites is 1. The third-order valence-corrected chi connectivity index (χ3v) is 7.55. The van der Waals surface area contributed by atoms with Crippen LogP contribution in [0, 0.1) is 5.92 Å². The van der Waals surface area contributed by atoms with Crippen LogP contribution in [0.25, 0.3) is 17.3 Å². The standard InChI is InChI=1S/C29H32Cl2N2O5S/c1-16(2)8-6-11-25(37-4)20-10-7-9-19(26(20)38-5)24-15-39-29(32-24)33-27(34)18-13-22(30)21(23(31)14-18)12-17(3)28(35)36/h7,9-10,12-16,25H,6,8,11H2,1-5H3,(H,35,36)(H,32,33,34)/b17-12+/t25-/m1/s1. The third kappa shape index (κ3) is 7.82. The summed E-state index contributed by atoms with van der Waals surface area (Å²) in [6.45, 7) is 5.85. The van der Waals surface area contributed by atoms with Gasteiger partial charge in [0.25, 0.3) is 5.91 Å². The van der Waals surface area contributed by atoms with Crippen LogP contribution in [0.1, 0.15) is 67.6 Å². The van der Waals surface area contributed by atoms with Crippen LogP contribution in [-0.2, 0) is 9.53 Å². The average molecular weight is 592 g/mol. The van der Waals surface area contributed by atoms with Crippen molar-refractivity contribution < 1.29 is 24.2 Å². The fourth-order valence-electron chi connectivity index (χ4n) is 4.11. The lowest BCUT2D eigenvalue weighted by molar-refractivity contribution is -0.132.